The summed E-state index contributed by atoms with van der Waals surface area (Å²) >= 11 is 5.93. The van der Waals surface area contributed by atoms with Gasteiger partial charge in [-0.05, 0) is 41.1 Å². The number of hydrogen-bond acceptors (Lipinski definition) is 7. The highest BCUT2D eigenvalue weighted by Crippen LogP contribution is 2.40. The van der Waals surface area contributed by atoms with Crippen molar-refractivity contribution in [2.24, 2.45) is 0 Å². The fourth-order valence-electron chi connectivity index (χ4n) is 3.14. The highest BCUT2D eigenvalue weighted by atomic mass is 35.5. The van der Waals surface area contributed by atoms with Gasteiger partial charge < -0.3 is 18.9 Å². The van der Waals surface area contributed by atoms with Crippen molar-refractivity contribution >= 4 is 34.3 Å². The zero-order valence-electron chi connectivity index (χ0n) is 16.2. The van der Waals surface area contributed by atoms with E-state index in [2.05, 4.69) is 4.98 Å². The molecule has 0 atom stereocenters. The number of nitrogens with zero attached hydrogens (tertiary/aromatic N) is 1. The number of carbonyl (C=O) groups is 2. The molecule has 7 nitrogen and oxygen atoms in total. The van der Waals surface area contributed by atoms with Crippen LogP contribution in [0.25, 0.3) is 21.9 Å². The van der Waals surface area contributed by atoms with Gasteiger partial charge in [0, 0.05) is 17.3 Å². The first-order chi connectivity index (χ1) is 13.9. The minimum absolute atomic E-state index is 0.0585. The summed E-state index contributed by atoms with van der Waals surface area (Å²) in [5, 5.41) is 1.57. The van der Waals surface area contributed by atoms with Crippen molar-refractivity contribution < 1.29 is 28.5 Å². The molecule has 0 saturated heterocycles. The molecule has 150 valence electrons. The molecule has 0 aliphatic rings. The Kier molecular flexibility index (Phi) is 5.89. The minimum atomic E-state index is -0.688. The molecule has 0 aliphatic heterocycles. The molecule has 0 amide bonds. The molecule has 1 aromatic heterocycles. The Hall–Kier alpha value is -3.32. The number of benzene rings is 2. The van der Waals surface area contributed by atoms with Gasteiger partial charge in [0.2, 0.25) is 0 Å². The number of methoxy groups -OCH3 is 4. The van der Waals surface area contributed by atoms with Gasteiger partial charge in [-0.25, -0.2) is 14.6 Å². The maximum Gasteiger partial charge on any atom is 0.339 e. The van der Waals surface area contributed by atoms with Crippen LogP contribution in [0.3, 0.4) is 0 Å². The summed E-state index contributed by atoms with van der Waals surface area (Å²) in [6.45, 7) is 0. The van der Waals surface area contributed by atoms with E-state index in [-0.39, 0.29) is 11.1 Å². The number of hydrogen-bond donors (Lipinski definition) is 0. The zero-order valence-corrected chi connectivity index (χ0v) is 17.0. The number of halogens is 1. The minimum Gasteiger partial charge on any atom is -0.493 e. The van der Waals surface area contributed by atoms with Gasteiger partial charge in [-0.15, -0.1) is 0 Å². The normalized spacial score (nSPS) is 10.5. The summed E-state index contributed by atoms with van der Waals surface area (Å²) in [6.07, 6.45) is 1.52. The van der Waals surface area contributed by atoms with Crippen LogP contribution in [0.15, 0.2) is 36.5 Å². The van der Waals surface area contributed by atoms with Crippen molar-refractivity contribution in [2.45, 2.75) is 0 Å². The quantitative estimate of drug-likeness (QED) is 0.457. The number of esters is 2. The topological polar surface area (TPSA) is 84.0 Å². The average molecular weight is 416 g/mol. The van der Waals surface area contributed by atoms with E-state index in [0.717, 1.165) is 0 Å². The standard InChI is InChI=1S/C21H18ClNO6/c1-26-15-8-12-7-14(20(24)28-3)19(21(25)29-4)18(13(12)9-16(15)27-2)11-5-6-17(22)23-10-11/h5-10H,1-4H3. The molecular formula is C21H18ClNO6. The molecule has 1 heterocycles. The zero-order chi connectivity index (χ0) is 21.1. The van der Waals surface area contributed by atoms with Crippen LogP contribution in [0.5, 0.6) is 11.5 Å². The van der Waals surface area contributed by atoms with Crippen LogP contribution in [-0.2, 0) is 9.47 Å². The van der Waals surface area contributed by atoms with Crippen LogP contribution in [0.4, 0.5) is 0 Å². The van der Waals surface area contributed by atoms with Gasteiger partial charge in [-0.2, -0.15) is 0 Å². The summed E-state index contributed by atoms with van der Waals surface area (Å²) < 4.78 is 20.6. The smallest absolute Gasteiger partial charge is 0.339 e. The Morgan fingerprint density at radius 3 is 2.10 bits per heavy atom. The summed E-state index contributed by atoms with van der Waals surface area (Å²) in [6, 6.07) is 8.30. The molecule has 0 unspecified atom stereocenters. The second-order valence-electron chi connectivity index (χ2n) is 5.96. The second kappa shape index (κ2) is 8.36. The van der Waals surface area contributed by atoms with Gasteiger partial charge in [-0.1, -0.05) is 11.6 Å². The van der Waals surface area contributed by atoms with Gasteiger partial charge in [0.25, 0.3) is 0 Å². The van der Waals surface area contributed by atoms with E-state index in [9.17, 15) is 9.59 Å². The molecule has 8 heteroatoms. The van der Waals surface area contributed by atoms with Crippen molar-refractivity contribution in [3.8, 4) is 22.6 Å². The fourth-order valence-corrected chi connectivity index (χ4v) is 3.25. The Morgan fingerprint density at radius 1 is 0.897 bits per heavy atom. The molecule has 3 aromatic rings. The van der Waals surface area contributed by atoms with Crippen LogP contribution >= 0.6 is 11.6 Å². The highest BCUT2D eigenvalue weighted by Gasteiger charge is 2.27. The third-order valence-electron chi connectivity index (χ3n) is 4.46. The third kappa shape index (κ3) is 3.69. The van der Waals surface area contributed by atoms with Gasteiger partial charge in [0.1, 0.15) is 5.15 Å². The molecule has 0 N–H and O–H groups in total. The summed E-state index contributed by atoms with van der Waals surface area (Å²) in [7, 11) is 5.51. The first-order valence-electron chi connectivity index (χ1n) is 8.46. The molecule has 0 fully saturated rings. The van der Waals surface area contributed by atoms with Crippen LogP contribution in [0, 0.1) is 0 Å². The monoisotopic (exact) mass is 415 g/mol. The van der Waals surface area contributed by atoms with Crippen LogP contribution in [-0.4, -0.2) is 45.4 Å². The van der Waals surface area contributed by atoms with E-state index in [1.807, 2.05) is 0 Å². The second-order valence-corrected chi connectivity index (χ2v) is 6.34. The maximum atomic E-state index is 12.7. The van der Waals surface area contributed by atoms with Crippen molar-refractivity contribution in [1.29, 1.82) is 0 Å². The molecule has 0 spiro atoms. The van der Waals surface area contributed by atoms with E-state index in [1.54, 1.807) is 30.3 Å². The third-order valence-corrected chi connectivity index (χ3v) is 4.68. The SMILES string of the molecule is COC(=O)c1cc2cc(OC)c(OC)cc2c(-c2ccc(Cl)nc2)c1C(=O)OC. The summed E-state index contributed by atoms with van der Waals surface area (Å²) in [4.78, 5) is 29.3. The first-order valence-corrected chi connectivity index (χ1v) is 8.84. The van der Waals surface area contributed by atoms with E-state index >= 15 is 0 Å². The molecular weight excluding hydrogens is 398 g/mol. The Morgan fingerprint density at radius 2 is 1.55 bits per heavy atom. The number of pyridine rings is 1. The lowest BCUT2D eigenvalue weighted by molar-refractivity contribution is 0.0556. The molecule has 3 rings (SSSR count). The van der Waals surface area contributed by atoms with Gasteiger partial charge in [-0.3, -0.25) is 0 Å². The van der Waals surface area contributed by atoms with Crippen molar-refractivity contribution in [3.05, 3.63) is 52.8 Å². The molecule has 29 heavy (non-hydrogen) atoms. The van der Waals surface area contributed by atoms with E-state index in [1.165, 1.54) is 34.6 Å². The predicted octanol–water partition coefficient (Wildman–Crippen LogP) is 4.15. The number of fused-ring (bicyclic) bond motifs is 1. The molecule has 0 aliphatic carbocycles. The first kappa shape index (κ1) is 20.4. The lowest BCUT2D eigenvalue weighted by atomic mass is 9.90. The van der Waals surface area contributed by atoms with Crippen LogP contribution < -0.4 is 9.47 Å². The van der Waals surface area contributed by atoms with E-state index in [0.29, 0.717) is 38.6 Å². The van der Waals surface area contributed by atoms with Crippen molar-refractivity contribution in [1.82, 2.24) is 4.98 Å². The largest absolute Gasteiger partial charge is 0.493 e. The predicted molar refractivity (Wildman–Crippen MR) is 108 cm³/mol. The number of carbonyl (C=O) groups excluding carboxylic acids is 2. The maximum absolute atomic E-state index is 12.7. The molecule has 0 radical (unpaired) electrons. The number of rotatable bonds is 5. The Balaban J connectivity index is 2.53. The average Bonchev–Trinajstić information content (AvgIpc) is 2.76. The molecule has 0 bridgehead atoms. The number of ether oxygens (including phenoxy) is 4. The van der Waals surface area contributed by atoms with Crippen LogP contribution in [0.1, 0.15) is 20.7 Å². The van der Waals surface area contributed by atoms with Crippen LogP contribution in [0.2, 0.25) is 5.15 Å². The van der Waals surface area contributed by atoms with E-state index < -0.39 is 11.9 Å². The van der Waals surface area contributed by atoms with Gasteiger partial charge in [0.05, 0.1) is 39.6 Å². The summed E-state index contributed by atoms with van der Waals surface area (Å²) in [5.74, 6) is -0.427. The molecule has 0 saturated carbocycles. The lowest BCUT2D eigenvalue weighted by Gasteiger charge is -2.17. The number of aromatic nitrogens is 1. The molecule has 2 aromatic carbocycles. The summed E-state index contributed by atoms with van der Waals surface area (Å²) in [5.41, 5.74) is 1.13. The highest BCUT2D eigenvalue weighted by molar-refractivity contribution is 6.29. The van der Waals surface area contributed by atoms with Crippen molar-refractivity contribution in [2.75, 3.05) is 28.4 Å². The Labute approximate surface area is 172 Å². The fraction of sp³-hybridized carbons (Fsp3) is 0.190. The van der Waals surface area contributed by atoms with Gasteiger partial charge in [0.15, 0.2) is 11.5 Å². The van der Waals surface area contributed by atoms with Gasteiger partial charge >= 0.3 is 11.9 Å². The Bertz CT molecular complexity index is 1090. The van der Waals surface area contributed by atoms with Crippen molar-refractivity contribution in [3.63, 3.8) is 0 Å². The lowest BCUT2D eigenvalue weighted by Crippen LogP contribution is -2.14. The van der Waals surface area contributed by atoms with E-state index in [4.69, 9.17) is 30.5 Å².